The highest BCUT2D eigenvalue weighted by Crippen LogP contribution is 2.35. The largest absolute Gasteiger partial charge is 0.390 e. The second kappa shape index (κ2) is 6.85. The Balaban J connectivity index is 1.49. The van der Waals surface area contributed by atoms with Crippen LogP contribution < -0.4 is 0 Å². The summed E-state index contributed by atoms with van der Waals surface area (Å²) < 4.78 is 5.93. The van der Waals surface area contributed by atoms with Crippen molar-refractivity contribution in [2.45, 2.75) is 44.3 Å². The van der Waals surface area contributed by atoms with Crippen LogP contribution in [0, 0.1) is 6.92 Å². The molecule has 4 rings (SSSR count). The number of benzene rings is 1. The van der Waals surface area contributed by atoms with Crippen LogP contribution in [0.3, 0.4) is 0 Å². The summed E-state index contributed by atoms with van der Waals surface area (Å²) in [4.78, 5) is 14.8. The number of nitrogens with one attached hydrogen (secondary N) is 1. The fourth-order valence-electron chi connectivity index (χ4n) is 4.12. The number of piperidine rings is 1. The number of hydrogen-bond donors (Lipinski definition) is 2. The van der Waals surface area contributed by atoms with Crippen LogP contribution in [-0.2, 0) is 4.74 Å². The van der Waals surface area contributed by atoms with Gasteiger partial charge < -0.3 is 14.7 Å². The molecular formula is C20H25N3O3. The van der Waals surface area contributed by atoms with Gasteiger partial charge in [-0.3, -0.25) is 9.89 Å². The Morgan fingerprint density at radius 3 is 2.73 bits per heavy atom. The van der Waals surface area contributed by atoms with E-state index < -0.39 is 11.7 Å². The van der Waals surface area contributed by atoms with Crippen LogP contribution in [0.4, 0.5) is 0 Å². The normalized spacial score (nSPS) is 22.5. The van der Waals surface area contributed by atoms with Crippen molar-refractivity contribution >= 4 is 5.91 Å². The van der Waals surface area contributed by atoms with Crippen molar-refractivity contribution in [2.75, 3.05) is 19.7 Å². The van der Waals surface area contributed by atoms with Gasteiger partial charge in [0.2, 0.25) is 0 Å². The maximum atomic E-state index is 13.0. The van der Waals surface area contributed by atoms with Gasteiger partial charge in [-0.2, -0.15) is 5.10 Å². The van der Waals surface area contributed by atoms with E-state index in [2.05, 4.69) is 10.2 Å². The number of carbonyl (C=O) groups is 1. The van der Waals surface area contributed by atoms with E-state index in [0.717, 1.165) is 29.7 Å². The Labute approximate surface area is 153 Å². The first-order chi connectivity index (χ1) is 12.6. The number of rotatable bonds is 2. The first-order valence-electron chi connectivity index (χ1n) is 9.32. The highest BCUT2D eigenvalue weighted by atomic mass is 16.5. The van der Waals surface area contributed by atoms with Crippen molar-refractivity contribution in [3.63, 3.8) is 0 Å². The van der Waals surface area contributed by atoms with Crippen LogP contribution in [0.15, 0.2) is 30.3 Å². The number of aromatic nitrogens is 2. The van der Waals surface area contributed by atoms with Crippen LogP contribution in [0.25, 0.3) is 11.3 Å². The Morgan fingerprint density at radius 2 is 2.04 bits per heavy atom. The minimum Gasteiger partial charge on any atom is -0.390 e. The fraction of sp³-hybridized carbons (Fsp3) is 0.500. The molecule has 0 bridgehead atoms. The minimum atomic E-state index is -0.465. The van der Waals surface area contributed by atoms with E-state index in [1.54, 1.807) is 0 Å². The van der Waals surface area contributed by atoms with Gasteiger partial charge in [0, 0.05) is 30.8 Å². The summed E-state index contributed by atoms with van der Waals surface area (Å²) in [5, 5.41) is 17.6. The Hall–Kier alpha value is -2.18. The summed E-state index contributed by atoms with van der Waals surface area (Å²) in [6, 6.07) is 9.87. The van der Waals surface area contributed by atoms with Gasteiger partial charge in [-0.1, -0.05) is 30.3 Å². The van der Waals surface area contributed by atoms with E-state index in [1.165, 1.54) is 0 Å². The predicted octanol–water partition coefficient (Wildman–Crippen LogP) is 2.53. The van der Waals surface area contributed by atoms with Gasteiger partial charge in [-0.25, -0.2) is 0 Å². The first kappa shape index (κ1) is 17.2. The van der Waals surface area contributed by atoms with Gasteiger partial charge in [0.15, 0.2) is 0 Å². The van der Waals surface area contributed by atoms with Crippen LogP contribution in [-0.4, -0.2) is 57.5 Å². The van der Waals surface area contributed by atoms with E-state index in [-0.39, 0.29) is 5.91 Å². The molecule has 1 atom stereocenters. The molecule has 2 aromatic rings. The third kappa shape index (κ3) is 2.93. The zero-order chi connectivity index (χ0) is 18.1. The van der Waals surface area contributed by atoms with E-state index in [4.69, 9.17) is 4.74 Å². The van der Waals surface area contributed by atoms with Crippen molar-refractivity contribution in [1.82, 2.24) is 15.1 Å². The number of aromatic amines is 1. The summed E-state index contributed by atoms with van der Waals surface area (Å²) in [6.45, 7) is 3.81. The zero-order valence-corrected chi connectivity index (χ0v) is 15.1. The molecule has 1 unspecified atom stereocenters. The third-order valence-electron chi connectivity index (χ3n) is 5.79. The number of carbonyl (C=O) groups excluding carboxylic acids is 1. The van der Waals surface area contributed by atoms with Crippen molar-refractivity contribution in [2.24, 2.45) is 0 Å². The molecule has 0 radical (unpaired) electrons. The second-order valence-corrected chi connectivity index (χ2v) is 7.30. The number of aliphatic hydroxyl groups is 1. The molecule has 0 saturated carbocycles. The van der Waals surface area contributed by atoms with Crippen LogP contribution in [0.5, 0.6) is 0 Å². The van der Waals surface area contributed by atoms with Gasteiger partial charge in [0.1, 0.15) is 5.69 Å². The third-order valence-corrected chi connectivity index (χ3v) is 5.79. The van der Waals surface area contributed by atoms with Gasteiger partial charge in [-0.05, 0) is 32.6 Å². The van der Waals surface area contributed by atoms with Gasteiger partial charge in [0.25, 0.3) is 5.91 Å². The number of likely N-dealkylation sites (tertiary alicyclic amines) is 1. The molecule has 2 aliphatic rings. The lowest BCUT2D eigenvalue weighted by atomic mass is 9.82. The number of hydrogen-bond acceptors (Lipinski definition) is 4. The first-order valence-corrected chi connectivity index (χ1v) is 9.32. The molecule has 138 valence electrons. The number of nitrogens with zero attached hydrogens (tertiary/aromatic N) is 2. The van der Waals surface area contributed by atoms with E-state index in [9.17, 15) is 9.90 Å². The lowest BCUT2D eigenvalue weighted by Gasteiger charge is -2.46. The lowest BCUT2D eigenvalue weighted by molar-refractivity contribution is -0.174. The van der Waals surface area contributed by atoms with E-state index >= 15 is 0 Å². The van der Waals surface area contributed by atoms with E-state index in [1.807, 2.05) is 42.2 Å². The molecule has 1 aromatic heterocycles. The zero-order valence-electron chi connectivity index (χ0n) is 15.1. The molecule has 26 heavy (non-hydrogen) atoms. The highest BCUT2D eigenvalue weighted by molar-refractivity contribution is 5.95. The fourth-order valence-corrected chi connectivity index (χ4v) is 4.12. The number of amides is 1. The summed E-state index contributed by atoms with van der Waals surface area (Å²) >= 11 is 0. The number of aliphatic hydroxyl groups excluding tert-OH is 1. The molecule has 2 N–H and O–H groups in total. The van der Waals surface area contributed by atoms with Crippen molar-refractivity contribution in [1.29, 1.82) is 0 Å². The molecule has 2 aliphatic heterocycles. The molecule has 1 spiro atoms. The molecular weight excluding hydrogens is 330 g/mol. The maximum Gasteiger partial charge on any atom is 0.272 e. The van der Waals surface area contributed by atoms with E-state index in [0.29, 0.717) is 38.2 Å². The number of H-pyrrole nitrogens is 1. The molecule has 2 saturated heterocycles. The molecule has 1 amide bonds. The van der Waals surface area contributed by atoms with Gasteiger partial charge in [-0.15, -0.1) is 0 Å². The van der Waals surface area contributed by atoms with Gasteiger partial charge in [0.05, 0.1) is 17.4 Å². The average molecular weight is 355 g/mol. The Bertz CT molecular complexity index is 779. The summed E-state index contributed by atoms with van der Waals surface area (Å²) in [5.74, 6) is -0.0302. The molecule has 6 heteroatoms. The van der Waals surface area contributed by atoms with Crippen LogP contribution in [0.2, 0.25) is 0 Å². The van der Waals surface area contributed by atoms with Gasteiger partial charge >= 0.3 is 0 Å². The lowest BCUT2D eigenvalue weighted by Crippen LogP contribution is -2.56. The SMILES string of the molecule is Cc1c(-c2ccccc2)n[nH]c1C(=O)N1CCC2(CC1)OCCCC2O. The predicted molar refractivity (Wildman–Crippen MR) is 97.8 cm³/mol. The monoisotopic (exact) mass is 355 g/mol. The quantitative estimate of drug-likeness (QED) is 0.868. The molecule has 0 aliphatic carbocycles. The summed E-state index contributed by atoms with van der Waals surface area (Å²) in [5.41, 5.74) is 2.76. The molecule has 3 heterocycles. The highest BCUT2D eigenvalue weighted by Gasteiger charge is 2.44. The van der Waals surface area contributed by atoms with Crippen LogP contribution in [0.1, 0.15) is 41.7 Å². The molecule has 1 aromatic carbocycles. The topological polar surface area (TPSA) is 78.5 Å². The molecule has 6 nitrogen and oxygen atoms in total. The molecule has 2 fully saturated rings. The second-order valence-electron chi connectivity index (χ2n) is 7.30. The average Bonchev–Trinajstić information content (AvgIpc) is 3.06. The number of ether oxygens (including phenoxy) is 1. The van der Waals surface area contributed by atoms with Crippen LogP contribution >= 0.6 is 0 Å². The van der Waals surface area contributed by atoms with Crippen molar-refractivity contribution in [3.05, 3.63) is 41.6 Å². The van der Waals surface area contributed by atoms with Crippen molar-refractivity contribution in [3.8, 4) is 11.3 Å². The Kier molecular flexibility index (Phi) is 4.54. The summed E-state index contributed by atoms with van der Waals surface area (Å²) in [6.07, 6.45) is 2.62. The minimum absolute atomic E-state index is 0.0302. The smallest absolute Gasteiger partial charge is 0.272 e. The Morgan fingerprint density at radius 1 is 1.31 bits per heavy atom. The van der Waals surface area contributed by atoms with Crippen molar-refractivity contribution < 1.29 is 14.6 Å². The standard InChI is InChI=1S/C20H25N3O3/c1-14-17(15-6-3-2-4-7-15)21-22-18(14)19(25)23-11-9-20(10-12-23)16(24)8-5-13-26-20/h2-4,6-7,16,24H,5,8-13H2,1H3,(H,21,22). The maximum absolute atomic E-state index is 13.0. The summed E-state index contributed by atoms with van der Waals surface area (Å²) in [7, 11) is 0.